The second-order valence-electron chi connectivity index (χ2n) is 8.12. The minimum absolute atomic E-state index is 0. The van der Waals surface area contributed by atoms with Gasteiger partial charge in [0.15, 0.2) is 5.96 Å². The number of nitrogens with zero attached hydrogens (tertiary/aromatic N) is 4. The summed E-state index contributed by atoms with van der Waals surface area (Å²) in [4.78, 5) is 6.80. The number of halogens is 1. The van der Waals surface area contributed by atoms with E-state index >= 15 is 0 Å². The van der Waals surface area contributed by atoms with Gasteiger partial charge in [-0.2, -0.15) is 5.10 Å². The molecule has 1 fully saturated rings. The summed E-state index contributed by atoms with van der Waals surface area (Å²) in [5, 5.41) is 11.3. The highest BCUT2D eigenvalue weighted by atomic mass is 127. The number of benzene rings is 1. The third kappa shape index (κ3) is 6.12. The predicted octanol–water partition coefficient (Wildman–Crippen LogP) is 4.29. The molecule has 6 nitrogen and oxygen atoms in total. The summed E-state index contributed by atoms with van der Waals surface area (Å²) in [6, 6.07) is 9.60. The van der Waals surface area contributed by atoms with Crippen LogP contribution in [-0.4, -0.2) is 35.9 Å². The van der Waals surface area contributed by atoms with Crippen LogP contribution in [0.1, 0.15) is 54.6 Å². The van der Waals surface area contributed by atoms with E-state index < -0.39 is 0 Å². The SMILES string of the molecule is CN=C(NCc1ccc(N(C)C2CCCCC2)cc1)NCc1c(C)nn(C)c1C.I. The Kier molecular flexibility index (Phi) is 9.45. The molecule has 166 valence electrons. The molecule has 1 heterocycles. The fraction of sp³-hybridized carbons (Fsp3) is 0.565. The smallest absolute Gasteiger partial charge is 0.191 e. The van der Waals surface area contributed by atoms with Crippen molar-refractivity contribution in [2.24, 2.45) is 12.0 Å². The average molecular weight is 524 g/mol. The molecule has 2 aromatic rings. The molecule has 0 radical (unpaired) electrons. The highest BCUT2D eigenvalue weighted by Crippen LogP contribution is 2.26. The second kappa shape index (κ2) is 11.6. The molecular weight excluding hydrogens is 487 g/mol. The van der Waals surface area contributed by atoms with Gasteiger partial charge >= 0.3 is 0 Å². The highest BCUT2D eigenvalue weighted by molar-refractivity contribution is 14.0. The first kappa shape index (κ1) is 24.5. The predicted molar refractivity (Wildman–Crippen MR) is 137 cm³/mol. The maximum atomic E-state index is 4.48. The minimum Gasteiger partial charge on any atom is -0.372 e. The van der Waals surface area contributed by atoms with E-state index in [-0.39, 0.29) is 24.0 Å². The van der Waals surface area contributed by atoms with Crippen molar-refractivity contribution in [3.05, 3.63) is 46.8 Å². The van der Waals surface area contributed by atoms with E-state index in [4.69, 9.17) is 0 Å². The van der Waals surface area contributed by atoms with Gasteiger partial charge in [0.1, 0.15) is 0 Å². The zero-order valence-corrected chi connectivity index (χ0v) is 21.4. The van der Waals surface area contributed by atoms with E-state index in [0.717, 1.165) is 24.7 Å². The van der Waals surface area contributed by atoms with E-state index in [0.29, 0.717) is 6.04 Å². The molecule has 1 aromatic carbocycles. The van der Waals surface area contributed by atoms with Crippen molar-refractivity contribution in [3.8, 4) is 0 Å². The first-order valence-corrected chi connectivity index (χ1v) is 10.7. The summed E-state index contributed by atoms with van der Waals surface area (Å²) in [5.41, 5.74) is 6.03. The van der Waals surface area contributed by atoms with Crippen LogP contribution >= 0.6 is 24.0 Å². The molecule has 3 rings (SSSR count). The first-order chi connectivity index (χ1) is 14.0. The van der Waals surface area contributed by atoms with Crippen molar-refractivity contribution in [1.29, 1.82) is 0 Å². The van der Waals surface area contributed by atoms with E-state index in [9.17, 15) is 0 Å². The third-order valence-electron chi connectivity index (χ3n) is 6.24. The lowest BCUT2D eigenvalue weighted by molar-refractivity contribution is 0.427. The lowest BCUT2D eigenvalue weighted by Gasteiger charge is -2.33. The van der Waals surface area contributed by atoms with Gasteiger partial charge in [0.05, 0.1) is 5.69 Å². The highest BCUT2D eigenvalue weighted by Gasteiger charge is 2.18. The number of guanidine groups is 1. The zero-order chi connectivity index (χ0) is 20.8. The Bertz CT molecular complexity index is 821. The zero-order valence-electron chi connectivity index (χ0n) is 19.0. The van der Waals surface area contributed by atoms with Crippen LogP contribution < -0.4 is 15.5 Å². The number of hydrogen-bond acceptors (Lipinski definition) is 3. The lowest BCUT2D eigenvalue weighted by atomic mass is 9.94. The fourth-order valence-corrected chi connectivity index (χ4v) is 4.18. The molecule has 1 aliphatic carbocycles. The van der Waals surface area contributed by atoms with Gasteiger partial charge in [0.25, 0.3) is 0 Å². The van der Waals surface area contributed by atoms with Crippen molar-refractivity contribution < 1.29 is 0 Å². The normalized spacial score (nSPS) is 14.9. The largest absolute Gasteiger partial charge is 0.372 e. The number of aryl methyl sites for hydroxylation is 2. The molecule has 0 bridgehead atoms. The average Bonchev–Trinajstić information content (AvgIpc) is 3.00. The van der Waals surface area contributed by atoms with E-state index in [2.05, 4.69) is 63.9 Å². The summed E-state index contributed by atoms with van der Waals surface area (Å²) in [6.07, 6.45) is 6.75. The quantitative estimate of drug-likeness (QED) is 0.337. The van der Waals surface area contributed by atoms with Crippen LogP contribution in [0.5, 0.6) is 0 Å². The van der Waals surface area contributed by atoms with Crippen molar-refractivity contribution in [2.45, 2.75) is 65.1 Å². The fourth-order valence-electron chi connectivity index (χ4n) is 4.18. The van der Waals surface area contributed by atoms with Crippen LogP contribution in [0.4, 0.5) is 5.69 Å². The molecule has 1 aliphatic rings. The Labute approximate surface area is 198 Å². The van der Waals surface area contributed by atoms with Gasteiger partial charge in [-0.1, -0.05) is 31.4 Å². The van der Waals surface area contributed by atoms with E-state index in [1.165, 1.54) is 54.6 Å². The van der Waals surface area contributed by atoms with Crippen molar-refractivity contribution in [3.63, 3.8) is 0 Å². The maximum Gasteiger partial charge on any atom is 0.191 e. The van der Waals surface area contributed by atoms with Gasteiger partial charge < -0.3 is 15.5 Å². The maximum absolute atomic E-state index is 4.48. The lowest BCUT2D eigenvalue weighted by Crippen LogP contribution is -2.36. The number of aliphatic imine (C=N–C) groups is 1. The van der Waals surface area contributed by atoms with Crippen LogP contribution in [0.2, 0.25) is 0 Å². The molecule has 2 N–H and O–H groups in total. The molecule has 7 heteroatoms. The molecule has 30 heavy (non-hydrogen) atoms. The number of aromatic nitrogens is 2. The van der Waals surface area contributed by atoms with Crippen molar-refractivity contribution in [2.75, 3.05) is 19.0 Å². The van der Waals surface area contributed by atoms with Crippen molar-refractivity contribution >= 4 is 35.6 Å². The second-order valence-corrected chi connectivity index (χ2v) is 8.12. The van der Waals surface area contributed by atoms with Gasteiger partial charge in [-0.25, -0.2) is 0 Å². The standard InChI is InChI=1S/C23H36N6.HI/c1-17-22(18(2)29(5)27-17)16-26-23(24-3)25-15-19-11-13-21(14-12-19)28(4)20-9-7-6-8-10-20;/h11-14,20H,6-10,15-16H2,1-5H3,(H2,24,25,26);1H. The van der Waals surface area contributed by atoms with Gasteiger partial charge in [0, 0.05) is 57.2 Å². The van der Waals surface area contributed by atoms with Gasteiger partial charge in [-0.3, -0.25) is 9.67 Å². The topological polar surface area (TPSA) is 57.5 Å². The molecule has 0 amide bonds. The number of rotatable bonds is 6. The molecule has 0 atom stereocenters. The monoisotopic (exact) mass is 524 g/mol. The number of anilines is 1. The molecule has 1 aromatic heterocycles. The van der Waals surface area contributed by atoms with Gasteiger partial charge in [-0.15, -0.1) is 24.0 Å². The Balaban J connectivity index is 0.00000320. The van der Waals surface area contributed by atoms with Crippen LogP contribution in [-0.2, 0) is 20.1 Å². The summed E-state index contributed by atoms with van der Waals surface area (Å²) < 4.78 is 1.93. The summed E-state index contributed by atoms with van der Waals surface area (Å²) in [7, 11) is 6.02. The van der Waals surface area contributed by atoms with Gasteiger partial charge in [0.2, 0.25) is 0 Å². The van der Waals surface area contributed by atoms with Gasteiger partial charge in [-0.05, 0) is 44.4 Å². The Morgan fingerprint density at radius 2 is 1.73 bits per heavy atom. The molecule has 0 spiro atoms. The number of nitrogens with one attached hydrogen (secondary N) is 2. The molecule has 1 saturated carbocycles. The number of hydrogen-bond donors (Lipinski definition) is 2. The first-order valence-electron chi connectivity index (χ1n) is 10.7. The molecule has 0 unspecified atom stereocenters. The molecular formula is C23H37IN6. The van der Waals surface area contributed by atoms with Crippen LogP contribution in [0.3, 0.4) is 0 Å². The Morgan fingerprint density at radius 1 is 1.10 bits per heavy atom. The van der Waals surface area contributed by atoms with Crippen LogP contribution in [0, 0.1) is 13.8 Å². The Morgan fingerprint density at radius 3 is 2.30 bits per heavy atom. The molecule has 0 saturated heterocycles. The minimum atomic E-state index is 0. The third-order valence-corrected chi connectivity index (χ3v) is 6.24. The summed E-state index contributed by atoms with van der Waals surface area (Å²) in [6.45, 7) is 5.61. The van der Waals surface area contributed by atoms with E-state index in [1.807, 2.05) is 18.7 Å². The summed E-state index contributed by atoms with van der Waals surface area (Å²) in [5.74, 6) is 0.802. The van der Waals surface area contributed by atoms with Crippen LogP contribution in [0.15, 0.2) is 29.3 Å². The van der Waals surface area contributed by atoms with Crippen LogP contribution in [0.25, 0.3) is 0 Å². The van der Waals surface area contributed by atoms with E-state index in [1.54, 1.807) is 7.05 Å². The Hall–Kier alpha value is -1.77. The summed E-state index contributed by atoms with van der Waals surface area (Å²) >= 11 is 0. The molecule has 0 aliphatic heterocycles. The van der Waals surface area contributed by atoms with Crippen molar-refractivity contribution in [1.82, 2.24) is 20.4 Å².